The van der Waals surface area contributed by atoms with Crippen LogP contribution in [0.1, 0.15) is 32.4 Å². The van der Waals surface area contributed by atoms with Crippen LogP contribution in [-0.2, 0) is 0 Å². The Morgan fingerprint density at radius 3 is 2.34 bits per heavy atom. The highest BCUT2D eigenvalue weighted by Crippen LogP contribution is 2.30. The maximum Gasteiger partial charge on any atom is 0.158 e. The van der Waals surface area contributed by atoms with Gasteiger partial charge >= 0.3 is 0 Å². The van der Waals surface area contributed by atoms with Gasteiger partial charge in [-0.15, -0.1) is 0 Å². The first-order valence-electron chi connectivity index (χ1n) is 14.0. The quantitative estimate of drug-likeness (QED) is 0.164. The molecule has 0 aliphatic rings. The molecule has 3 N–H and O–H groups in total. The molecular weight excluding hydrogens is 510 g/mol. The molecule has 6 rings (SSSR count). The van der Waals surface area contributed by atoms with Gasteiger partial charge in [-0.05, 0) is 74.4 Å². The number of fused-ring (bicyclic) bond motifs is 2. The van der Waals surface area contributed by atoms with Crippen molar-refractivity contribution >= 4 is 50.5 Å². The average Bonchev–Trinajstić information content (AvgIpc) is 3.41. The molecule has 9 nitrogen and oxygen atoms in total. The third-order valence-corrected chi connectivity index (χ3v) is 6.88. The minimum Gasteiger partial charge on any atom is -0.372 e. The summed E-state index contributed by atoms with van der Waals surface area (Å²) in [6.45, 7) is 8.47. The zero-order chi connectivity index (χ0) is 28.2. The number of hydrogen-bond donors (Lipinski definition) is 3. The lowest BCUT2D eigenvalue weighted by molar-refractivity contribution is 0.745. The summed E-state index contributed by atoms with van der Waals surface area (Å²) in [6, 6.07) is 18.4. The lowest BCUT2D eigenvalue weighted by atomic mass is 10.1. The van der Waals surface area contributed by atoms with E-state index in [2.05, 4.69) is 72.5 Å². The molecule has 0 spiro atoms. The van der Waals surface area contributed by atoms with E-state index in [1.165, 1.54) is 5.69 Å². The van der Waals surface area contributed by atoms with Crippen molar-refractivity contribution in [1.29, 1.82) is 0 Å². The van der Waals surface area contributed by atoms with E-state index in [0.717, 1.165) is 76.5 Å². The summed E-state index contributed by atoms with van der Waals surface area (Å²) in [5, 5.41) is 7.99. The molecule has 0 atom stereocenters. The number of hydrogen-bond acceptors (Lipinski definition) is 8. The van der Waals surface area contributed by atoms with Gasteiger partial charge in [0.25, 0.3) is 0 Å². The van der Waals surface area contributed by atoms with Gasteiger partial charge in [0, 0.05) is 53.6 Å². The first kappa shape index (κ1) is 26.2. The number of aromatic nitrogens is 6. The van der Waals surface area contributed by atoms with E-state index in [-0.39, 0.29) is 0 Å². The number of nitrogens with zero attached hydrogens (tertiary/aromatic N) is 6. The maximum atomic E-state index is 4.75. The molecule has 0 fully saturated rings. The van der Waals surface area contributed by atoms with Gasteiger partial charge in [0.1, 0.15) is 11.2 Å². The Kier molecular flexibility index (Phi) is 7.40. The van der Waals surface area contributed by atoms with Crippen LogP contribution in [0.4, 0.5) is 28.4 Å². The molecule has 1 aromatic carbocycles. The molecule has 5 heterocycles. The van der Waals surface area contributed by atoms with Crippen LogP contribution in [0, 0.1) is 6.92 Å². The van der Waals surface area contributed by atoms with E-state index in [0.29, 0.717) is 11.5 Å². The molecule has 0 saturated carbocycles. The first-order chi connectivity index (χ1) is 20.1. The first-order valence-corrected chi connectivity index (χ1v) is 14.0. The van der Waals surface area contributed by atoms with Crippen molar-refractivity contribution in [3.05, 3.63) is 85.1 Å². The summed E-state index contributed by atoms with van der Waals surface area (Å²) in [6.07, 6.45) is 9.45. The normalized spacial score (nSPS) is 11.2. The summed E-state index contributed by atoms with van der Waals surface area (Å²) in [4.78, 5) is 28.5. The highest BCUT2D eigenvalue weighted by atomic mass is 15.1. The molecule has 41 heavy (non-hydrogen) atoms. The van der Waals surface area contributed by atoms with Gasteiger partial charge in [0.2, 0.25) is 0 Å². The van der Waals surface area contributed by atoms with Gasteiger partial charge in [0.05, 0.1) is 29.3 Å². The SMILES string of the molecule is CCCN(CCC)c1ccc2nccc(Nc3ccc(-c4nc5cc(Nc6ccnc(C)c6)cnc5[nH]4)nc3)c2c1. The monoisotopic (exact) mass is 543 g/mol. The zero-order valence-electron chi connectivity index (χ0n) is 23.5. The minimum absolute atomic E-state index is 0.668. The summed E-state index contributed by atoms with van der Waals surface area (Å²) in [7, 11) is 0. The van der Waals surface area contributed by atoms with E-state index < -0.39 is 0 Å². The second-order valence-electron chi connectivity index (χ2n) is 10.1. The largest absolute Gasteiger partial charge is 0.372 e. The van der Waals surface area contributed by atoms with Crippen LogP contribution >= 0.6 is 0 Å². The number of nitrogens with one attached hydrogen (secondary N) is 3. The molecule has 0 aliphatic carbocycles. The van der Waals surface area contributed by atoms with E-state index in [1.54, 1.807) is 12.4 Å². The summed E-state index contributed by atoms with van der Waals surface area (Å²) in [5.41, 5.74) is 9.03. The Hall–Kier alpha value is -5.05. The lowest BCUT2D eigenvalue weighted by Gasteiger charge is -2.24. The fourth-order valence-corrected chi connectivity index (χ4v) is 4.99. The van der Waals surface area contributed by atoms with Crippen molar-refractivity contribution < 1.29 is 0 Å². The molecule has 5 aromatic heterocycles. The second kappa shape index (κ2) is 11.6. The van der Waals surface area contributed by atoms with Crippen LogP contribution < -0.4 is 15.5 Å². The number of aromatic amines is 1. The molecular formula is C32H33N9. The Bertz CT molecular complexity index is 1790. The molecule has 0 aliphatic heterocycles. The molecule has 0 unspecified atom stereocenters. The van der Waals surface area contributed by atoms with Crippen molar-refractivity contribution in [1.82, 2.24) is 29.9 Å². The van der Waals surface area contributed by atoms with Crippen LogP contribution in [0.2, 0.25) is 0 Å². The minimum atomic E-state index is 0.668. The predicted molar refractivity (Wildman–Crippen MR) is 167 cm³/mol. The van der Waals surface area contributed by atoms with Gasteiger partial charge in [-0.1, -0.05) is 13.8 Å². The molecule has 9 heteroatoms. The van der Waals surface area contributed by atoms with Crippen molar-refractivity contribution in [3.63, 3.8) is 0 Å². The Morgan fingerprint density at radius 1 is 0.732 bits per heavy atom. The van der Waals surface area contributed by atoms with Crippen LogP contribution in [0.3, 0.4) is 0 Å². The van der Waals surface area contributed by atoms with Gasteiger partial charge < -0.3 is 20.5 Å². The Balaban J connectivity index is 1.22. The van der Waals surface area contributed by atoms with Crippen molar-refractivity contribution in [2.24, 2.45) is 0 Å². The van der Waals surface area contributed by atoms with Gasteiger partial charge in [-0.3, -0.25) is 15.0 Å². The van der Waals surface area contributed by atoms with Crippen molar-refractivity contribution in [2.45, 2.75) is 33.6 Å². The van der Waals surface area contributed by atoms with Crippen LogP contribution in [0.25, 0.3) is 33.6 Å². The number of imidazole rings is 1. The molecule has 0 radical (unpaired) electrons. The van der Waals surface area contributed by atoms with Gasteiger partial charge in [-0.2, -0.15) is 0 Å². The third kappa shape index (κ3) is 5.79. The van der Waals surface area contributed by atoms with E-state index in [1.807, 2.05) is 55.7 Å². The van der Waals surface area contributed by atoms with Gasteiger partial charge in [0.15, 0.2) is 11.5 Å². The zero-order valence-corrected chi connectivity index (χ0v) is 23.5. The average molecular weight is 544 g/mol. The summed E-state index contributed by atoms with van der Waals surface area (Å²) < 4.78 is 0. The number of rotatable bonds is 10. The number of pyridine rings is 4. The predicted octanol–water partition coefficient (Wildman–Crippen LogP) is 7.39. The highest BCUT2D eigenvalue weighted by Gasteiger charge is 2.11. The topological polar surface area (TPSA) is 108 Å². The fourth-order valence-electron chi connectivity index (χ4n) is 4.99. The van der Waals surface area contributed by atoms with E-state index in [4.69, 9.17) is 4.98 Å². The number of H-pyrrole nitrogens is 1. The smallest absolute Gasteiger partial charge is 0.158 e. The second-order valence-corrected chi connectivity index (χ2v) is 10.1. The van der Waals surface area contributed by atoms with Crippen LogP contribution in [0.15, 0.2) is 79.4 Å². The molecule has 0 saturated heterocycles. The highest BCUT2D eigenvalue weighted by molar-refractivity contribution is 5.95. The fraction of sp³-hybridized carbons (Fsp3) is 0.219. The standard InChI is InChI=1S/C32H33N9/c1-4-14-41(15-5-2)25-7-9-27-26(18-25)28(11-13-34-27)38-23-6-8-29(35-19-23)32-39-30-17-24(20-36-31(30)40-32)37-22-10-12-33-21(3)16-22/h6-13,16-20H,4-5,14-15H2,1-3H3,(H,33,37)(H,34,38)(H,36,39,40). The Labute approximate surface area is 239 Å². The molecule has 206 valence electrons. The Morgan fingerprint density at radius 2 is 1.56 bits per heavy atom. The summed E-state index contributed by atoms with van der Waals surface area (Å²) in [5.74, 6) is 0.668. The third-order valence-electron chi connectivity index (χ3n) is 6.88. The van der Waals surface area contributed by atoms with E-state index >= 15 is 0 Å². The maximum absolute atomic E-state index is 4.75. The van der Waals surface area contributed by atoms with Crippen molar-refractivity contribution in [3.8, 4) is 11.5 Å². The lowest BCUT2D eigenvalue weighted by Crippen LogP contribution is -2.24. The number of aryl methyl sites for hydroxylation is 1. The van der Waals surface area contributed by atoms with Crippen LogP contribution in [0.5, 0.6) is 0 Å². The van der Waals surface area contributed by atoms with Gasteiger partial charge in [-0.25, -0.2) is 9.97 Å². The van der Waals surface area contributed by atoms with E-state index in [9.17, 15) is 0 Å². The molecule has 0 amide bonds. The molecule has 6 aromatic rings. The number of anilines is 5. The molecule has 0 bridgehead atoms. The number of benzene rings is 1. The van der Waals surface area contributed by atoms with Crippen LogP contribution in [-0.4, -0.2) is 43.0 Å². The summed E-state index contributed by atoms with van der Waals surface area (Å²) >= 11 is 0. The van der Waals surface area contributed by atoms with Crippen molar-refractivity contribution in [2.75, 3.05) is 28.6 Å².